The molecule has 2 aromatic carbocycles. The van der Waals surface area contributed by atoms with Crippen molar-refractivity contribution < 1.29 is 19.2 Å². The van der Waals surface area contributed by atoms with E-state index < -0.39 is 5.91 Å². The number of aromatic nitrogens is 2. The van der Waals surface area contributed by atoms with Gasteiger partial charge in [-0.3, -0.25) is 10.0 Å². The summed E-state index contributed by atoms with van der Waals surface area (Å²) >= 11 is 0. The molecule has 1 heterocycles. The van der Waals surface area contributed by atoms with Gasteiger partial charge in [0.15, 0.2) is 0 Å². The van der Waals surface area contributed by atoms with Gasteiger partial charge >= 0.3 is 11.8 Å². The molecule has 1 aromatic heterocycles. The molecule has 3 aromatic rings. The highest BCUT2D eigenvalue weighted by molar-refractivity contribution is 5.88. The fourth-order valence-electron chi connectivity index (χ4n) is 1.91. The lowest BCUT2D eigenvalue weighted by atomic mass is 10.2. The van der Waals surface area contributed by atoms with E-state index in [2.05, 4.69) is 10.2 Å². The Morgan fingerprint density at radius 2 is 1.83 bits per heavy atom. The van der Waals surface area contributed by atoms with Crippen molar-refractivity contribution in [2.24, 2.45) is 0 Å². The van der Waals surface area contributed by atoms with Gasteiger partial charge in [0.1, 0.15) is 12.4 Å². The van der Waals surface area contributed by atoms with Crippen molar-refractivity contribution in [2.75, 3.05) is 0 Å². The van der Waals surface area contributed by atoms with Gasteiger partial charge in [-0.05, 0) is 29.8 Å². The highest BCUT2D eigenvalue weighted by Crippen LogP contribution is 2.22. The van der Waals surface area contributed by atoms with Crippen LogP contribution in [0.1, 0.15) is 16.2 Å². The van der Waals surface area contributed by atoms with Gasteiger partial charge in [0.2, 0.25) is 5.89 Å². The molecule has 2 N–H and O–H groups in total. The zero-order valence-electron chi connectivity index (χ0n) is 12.0. The normalized spacial score (nSPS) is 10.3. The van der Waals surface area contributed by atoms with E-state index in [1.165, 1.54) is 5.48 Å². The van der Waals surface area contributed by atoms with Gasteiger partial charge in [0.25, 0.3) is 0 Å². The van der Waals surface area contributed by atoms with Crippen LogP contribution in [-0.2, 0) is 6.61 Å². The summed E-state index contributed by atoms with van der Waals surface area (Å²) in [5.74, 6) is -0.290. The van der Waals surface area contributed by atoms with Gasteiger partial charge in [0.05, 0.1) is 0 Å². The van der Waals surface area contributed by atoms with Crippen molar-refractivity contribution in [1.82, 2.24) is 15.7 Å². The lowest BCUT2D eigenvalue weighted by molar-refractivity contribution is 0.0669. The number of hydrogen-bond donors (Lipinski definition) is 2. The third kappa shape index (κ3) is 3.53. The van der Waals surface area contributed by atoms with Crippen molar-refractivity contribution in [3.05, 3.63) is 66.1 Å². The quantitative estimate of drug-likeness (QED) is 0.555. The van der Waals surface area contributed by atoms with Crippen LogP contribution in [0.3, 0.4) is 0 Å². The number of nitrogens with zero attached hydrogens (tertiary/aromatic N) is 2. The number of hydrogen-bond acceptors (Lipinski definition) is 6. The number of hydroxylamine groups is 1. The predicted molar refractivity (Wildman–Crippen MR) is 79.8 cm³/mol. The maximum atomic E-state index is 11.2. The standard InChI is InChI=1S/C16H13N3O4/c20-14(19-21)16-18-17-15(23-16)12-6-8-13(9-7-12)22-10-11-4-2-1-3-5-11/h1-9,21H,10H2,(H,19,20). The van der Waals surface area contributed by atoms with E-state index >= 15 is 0 Å². The van der Waals surface area contributed by atoms with E-state index in [0.29, 0.717) is 17.9 Å². The Balaban J connectivity index is 1.67. The smallest absolute Gasteiger partial charge is 0.332 e. The Morgan fingerprint density at radius 3 is 2.52 bits per heavy atom. The number of rotatable bonds is 5. The molecule has 0 aliphatic rings. The second kappa shape index (κ2) is 6.71. The van der Waals surface area contributed by atoms with E-state index in [-0.39, 0.29) is 11.8 Å². The van der Waals surface area contributed by atoms with Crippen molar-refractivity contribution in [3.63, 3.8) is 0 Å². The molecule has 116 valence electrons. The summed E-state index contributed by atoms with van der Waals surface area (Å²) < 4.78 is 10.8. The van der Waals surface area contributed by atoms with Gasteiger partial charge in [-0.15, -0.1) is 10.2 Å². The van der Waals surface area contributed by atoms with Gasteiger partial charge in [-0.2, -0.15) is 0 Å². The van der Waals surface area contributed by atoms with Crippen LogP contribution < -0.4 is 10.2 Å². The first-order valence-corrected chi connectivity index (χ1v) is 6.81. The molecular weight excluding hydrogens is 298 g/mol. The molecule has 23 heavy (non-hydrogen) atoms. The first kappa shape index (κ1) is 14.7. The topological polar surface area (TPSA) is 97.5 Å². The monoisotopic (exact) mass is 311 g/mol. The van der Waals surface area contributed by atoms with Crippen LogP contribution in [-0.4, -0.2) is 21.3 Å². The highest BCUT2D eigenvalue weighted by atomic mass is 16.5. The minimum atomic E-state index is -0.855. The van der Waals surface area contributed by atoms with Crippen LogP contribution in [0.25, 0.3) is 11.5 Å². The van der Waals surface area contributed by atoms with Gasteiger partial charge < -0.3 is 9.15 Å². The SMILES string of the molecule is O=C(NO)c1nnc(-c2ccc(OCc3ccccc3)cc2)o1. The Bertz CT molecular complexity index is 785. The lowest BCUT2D eigenvalue weighted by Crippen LogP contribution is -2.18. The zero-order chi connectivity index (χ0) is 16.1. The van der Waals surface area contributed by atoms with Crippen LogP contribution in [0.4, 0.5) is 0 Å². The zero-order valence-corrected chi connectivity index (χ0v) is 12.0. The molecule has 0 saturated carbocycles. The summed E-state index contributed by atoms with van der Waals surface area (Å²) in [6.45, 7) is 0.474. The van der Waals surface area contributed by atoms with E-state index in [1.807, 2.05) is 30.3 Å². The molecule has 3 rings (SSSR count). The summed E-state index contributed by atoms with van der Waals surface area (Å²) in [7, 11) is 0. The summed E-state index contributed by atoms with van der Waals surface area (Å²) in [6, 6.07) is 16.9. The van der Waals surface area contributed by atoms with Crippen LogP contribution in [0.15, 0.2) is 59.0 Å². The van der Waals surface area contributed by atoms with Crippen molar-refractivity contribution in [2.45, 2.75) is 6.61 Å². The molecule has 0 radical (unpaired) electrons. The Labute approximate surface area is 131 Å². The Kier molecular flexibility index (Phi) is 4.30. The van der Waals surface area contributed by atoms with E-state index in [9.17, 15) is 4.79 Å². The van der Waals surface area contributed by atoms with Crippen LogP contribution in [0, 0.1) is 0 Å². The molecule has 0 aliphatic heterocycles. The highest BCUT2D eigenvalue weighted by Gasteiger charge is 2.14. The molecule has 0 bridgehead atoms. The first-order valence-electron chi connectivity index (χ1n) is 6.81. The van der Waals surface area contributed by atoms with E-state index in [4.69, 9.17) is 14.4 Å². The summed E-state index contributed by atoms with van der Waals surface area (Å²) in [6.07, 6.45) is 0. The molecule has 0 atom stereocenters. The predicted octanol–water partition coefficient (Wildman–Crippen LogP) is 2.43. The molecule has 7 nitrogen and oxygen atoms in total. The number of benzene rings is 2. The number of carbonyl (C=O) groups excluding carboxylic acids is 1. The summed E-state index contributed by atoms with van der Waals surface area (Å²) in [5.41, 5.74) is 3.15. The van der Waals surface area contributed by atoms with Crippen LogP contribution in [0.5, 0.6) is 5.75 Å². The molecule has 1 amide bonds. The molecule has 0 spiro atoms. The molecular formula is C16H13N3O4. The minimum Gasteiger partial charge on any atom is -0.489 e. The number of ether oxygens (including phenoxy) is 1. The maximum absolute atomic E-state index is 11.2. The van der Waals surface area contributed by atoms with Crippen molar-refractivity contribution in [1.29, 1.82) is 0 Å². The third-order valence-electron chi connectivity index (χ3n) is 3.07. The second-order valence-electron chi connectivity index (χ2n) is 4.65. The van der Waals surface area contributed by atoms with Crippen LogP contribution >= 0.6 is 0 Å². The molecule has 0 unspecified atom stereocenters. The van der Waals surface area contributed by atoms with Crippen molar-refractivity contribution >= 4 is 5.91 Å². The maximum Gasteiger partial charge on any atom is 0.332 e. The number of nitrogens with one attached hydrogen (secondary N) is 1. The average molecular weight is 311 g/mol. The molecule has 7 heteroatoms. The van der Waals surface area contributed by atoms with E-state index in [0.717, 1.165) is 5.56 Å². The first-order chi connectivity index (χ1) is 11.3. The van der Waals surface area contributed by atoms with Gasteiger partial charge in [-0.25, -0.2) is 5.48 Å². The molecule has 0 saturated heterocycles. The third-order valence-corrected chi connectivity index (χ3v) is 3.07. The fourth-order valence-corrected chi connectivity index (χ4v) is 1.91. The number of amides is 1. The molecule has 0 fully saturated rings. The Hall–Kier alpha value is -3.19. The van der Waals surface area contributed by atoms with Gasteiger partial charge in [-0.1, -0.05) is 30.3 Å². The lowest BCUT2D eigenvalue weighted by Gasteiger charge is -2.06. The number of carbonyl (C=O) groups is 1. The van der Waals surface area contributed by atoms with Crippen molar-refractivity contribution in [3.8, 4) is 17.2 Å². The average Bonchev–Trinajstić information content (AvgIpc) is 3.11. The van der Waals surface area contributed by atoms with Crippen LogP contribution in [0.2, 0.25) is 0 Å². The second-order valence-corrected chi connectivity index (χ2v) is 4.65. The molecule has 0 aliphatic carbocycles. The van der Waals surface area contributed by atoms with E-state index in [1.54, 1.807) is 24.3 Å². The summed E-state index contributed by atoms with van der Waals surface area (Å²) in [5, 5.41) is 15.8. The Morgan fingerprint density at radius 1 is 1.09 bits per heavy atom. The summed E-state index contributed by atoms with van der Waals surface area (Å²) in [4.78, 5) is 11.2. The largest absolute Gasteiger partial charge is 0.489 e. The van der Waals surface area contributed by atoms with Gasteiger partial charge in [0, 0.05) is 5.56 Å². The minimum absolute atomic E-state index is 0.179. The fraction of sp³-hybridized carbons (Fsp3) is 0.0625.